The number of rotatable bonds is 5. The maximum atomic E-state index is 6.16. The largest absolute Gasteiger partial charge is 0.497 e. The predicted molar refractivity (Wildman–Crippen MR) is 84.7 cm³/mol. The highest BCUT2D eigenvalue weighted by Crippen LogP contribution is 2.22. The molecule has 2 nitrogen and oxygen atoms in total. The van der Waals surface area contributed by atoms with Gasteiger partial charge in [0.2, 0.25) is 0 Å². The van der Waals surface area contributed by atoms with Crippen LogP contribution in [0.25, 0.3) is 0 Å². The molecule has 2 aromatic rings. The average Bonchev–Trinajstić information content (AvgIpc) is 2.46. The molecule has 106 valence electrons. The molecule has 2 rings (SSSR count). The normalized spacial score (nSPS) is 12.2. The Labute approximate surface area is 129 Å². The van der Waals surface area contributed by atoms with Gasteiger partial charge in [0, 0.05) is 22.6 Å². The second-order valence-electron chi connectivity index (χ2n) is 4.61. The molecule has 0 fully saturated rings. The van der Waals surface area contributed by atoms with Crippen LogP contribution in [0.4, 0.5) is 0 Å². The van der Waals surface area contributed by atoms with Gasteiger partial charge in [0.05, 0.1) is 7.11 Å². The maximum Gasteiger partial charge on any atom is 0.118 e. The molecule has 0 saturated carbocycles. The Morgan fingerprint density at radius 3 is 2.40 bits per heavy atom. The zero-order valence-corrected chi connectivity index (χ0v) is 13.0. The van der Waals surface area contributed by atoms with Gasteiger partial charge in [-0.05, 0) is 42.3 Å². The first-order chi connectivity index (χ1) is 9.60. The summed E-state index contributed by atoms with van der Waals surface area (Å²) in [5.74, 6) is 0.863. The minimum absolute atomic E-state index is 0.229. The van der Waals surface area contributed by atoms with E-state index in [9.17, 15) is 0 Å². The first-order valence-electron chi connectivity index (χ1n) is 6.41. The molecule has 4 heteroatoms. The fourth-order valence-corrected chi connectivity index (χ4v) is 2.41. The van der Waals surface area contributed by atoms with Crippen LogP contribution in [0, 0.1) is 0 Å². The maximum absolute atomic E-state index is 6.16. The van der Waals surface area contributed by atoms with Crippen LogP contribution >= 0.6 is 23.2 Å². The molecule has 1 N–H and O–H groups in total. The van der Waals surface area contributed by atoms with Crippen LogP contribution in [-0.4, -0.2) is 7.11 Å². The van der Waals surface area contributed by atoms with Crippen molar-refractivity contribution in [3.05, 3.63) is 63.6 Å². The van der Waals surface area contributed by atoms with Crippen molar-refractivity contribution in [2.45, 2.75) is 19.5 Å². The minimum Gasteiger partial charge on any atom is -0.497 e. The zero-order chi connectivity index (χ0) is 14.5. The Kier molecular flexibility index (Phi) is 5.30. The number of halogens is 2. The van der Waals surface area contributed by atoms with Crippen molar-refractivity contribution in [2.75, 3.05) is 7.11 Å². The number of hydrogen-bond acceptors (Lipinski definition) is 2. The van der Waals surface area contributed by atoms with Crippen molar-refractivity contribution in [2.24, 2.45) is 0 Å². The lowest BCUT2D eigenvalue weighted by Gasteiger charge is -2.15. The quantitative estimate of drug-likeness (QED) is 0.852. The van der Waals surface area contributed by atoms with Gasteiger partial charge in [-0.15, -0.1) is 0 Å². The van der Waals surface area contributed by atoms with E-state index >= 15 is 0 Å². The smallest absolute Gasteiger partial charge is 0.118 e. The summed E-state index contributed by atoms with van der Waals surface area (Å²) in [4.78, 5) is 0. The van der Waals surface area contributed by atoms with E-state index in [0.29, 0.717) is 16.6 Å². The van der Waals surface area contributed by atoms with Crippen molar-refractivity contribution >= 4 is 23.2 Å². The molecule has 20 heavy (non-hydrogen) atoms. The third-order valence-electron chi connectivity index (χ3n) is 3.23. The lowest BCUT2D eigenvalue weighted by atomic mass is 10.1. The number of methoxy groups -OCH3 is 1. The van der Waals surface area contributed by atoms with Gasteiger partial charge in [-0.25, -0.2) is 0 Å². The molecule has 0 saturated heterocycles. The van der Waals surface area contributed by atoms with Gasteiger partial charge < -0.3 is 10.1 Å². The third-order valence-corrected chi connectivity index (χ3v) is 3.82. The first-order valence-corrected chi connectivity index (χ1v) is 7.17. The van der Waals surface area contributed by atoms with E-state index in [0.717, 1.165) is 11.3 Å². The highest BCUT2D eigenvalue weighted by Gasteiger charge is 2.07. The summed E-state index contributed by atoms with van der Waals surface area (Å²) in [5.41, 5.74) is 2.24. The van der Waals surface area contributed by atoms with Crippen molar-refractivity contribution in [1.82, 2.24) is 5.32 Å². The average molecular weight is 310 g/mol. The van der Waals surface area contributed by atoms with Crippen molar-refractivity contribution in [3.63, 3.8) is 0 Å². The summed E-state index contributed by atoms with van der Waals surface area (Å²) in [5, 5.41) is 4.79. The van der Waals surface area contributed by atoms with Crippen LogP contribution in [0.1, 0.15) is 24.1 Å². The van der Waals surface area contributed by atoms with Crippen LogP contribution in [0.5, 0.6) is 5.75 Å². The van der Waals surface area contributed by atoms with Gasteiger partial charge in [-0.3, -0.25) is 0 Å². The molecule has 2 aromatic carbocycles. The van der Waals surface area contributed by atoms with E-state index in [-0.39, 0.29) is 6.04 Å². The molecule has 0 aliphatic rings. The van der Waals surface area contributed by atoms with Crippen LogP contribution in [0.3, 0.4) is 0 Å². The van der Waals surface area contributed by atoms with Crippen molar-refractivity contribution in [3.8, 4) is 5.75 Å². The van der Waals surface area contributed by atoms with E-state index in [1.165, 1.54) is 5.56 Å². The SMILES string of the molecule is COc1ccc([C@@H](C)NCc2ccc(Cl)cc2Cl)cc1. The zero-order valence-electron chi connectivity index (χ0n) is 11.5. The summed E-state index contributed by atoms with van der Waals surface area (Å²) in [6.45, 7) is 2.81. The molecule has 0 unspecified atom stereocenters. The highest BCUT2D eigenvalue weighted by molar-refractivity contribution is 6.35. The second kappa shape index (κ2) is 6.98. The lowest BCUT2D eigenvalue weighted by molar-refractivity contribution is 0.414. The van der Waals surface area contributed by atoms with E-state index in [1.54, 1.807) is 13.2 Å². The van der Waals surface area contributed by atoms with E-state index in [4.69, 9.17) is 27.9 Å². The fourth-order valence-electron chi connectivity index (χ4n) is 1.94. The topological polar surface area (TPSA) is 21.3 Å². The molecule has 0 heterocycles. The third kappa shape index (κ3) is 3.89. The molecule has 0 amide bonds. The Bertz CT molecular complexity index is 569. The Balaban J connectivity index is 1.98. The number of ether oxygens (including phenoxy) is 1. The summed E-state index contributed by atoms with van der Waals surface area (Å²) < 4.78 is 5.15. The monoisotopic (exact) mass is 309 g/mol. The highest BCUT2D eigenvalue weighted by atomic mass is 35.5. The van der Waals surface area contributed by atoms with Gasteiger partial charge in [0.15, 0.2) is 0 Å². The van der Waals surface area contributed by atoms with E-state index in [1.807, 2.05) is 24.3 Å². The van der Waals surface area contributed by atoms with Gasteiger partial charge in [-0.2, -0.15) is 0 Å². The Morgan fingerprint density at radius 1 is 1.10 bits per heavy atom. The van der Waals surface area contributed by atoms with Crippen LogP contribution in [0.15, 0.2) is 42.5 Å². The molecular weight excluding hydrogens is 293 g/mol. The summed E-state index contributed by atoms with van der Waals surface area (Å²) >= 11 is 12.0. The minimum atomic E-state index is 0.229. The molecular formula is C16H17Cl2NO. The van der Waals surface area contributed by atoms with Crippen LogP contribution < -0.4 is 10.1 Å². The van der Waals surface area contributed by atoms with E-state index < -0.39 is 0 Å². The molecule has 0 aliphatic carbocycles. The molecule has 0 aromatic heterocycles. The number of benzene rings is 2. The lowest BCUT2D eigenvalue weighted by Crippen LogP contribution is -2.18. The Hall–Kier alpha value is -1.22. The van der Waals surface area contributed by atoms with Crippen molar-refractivity contribution < 1.29 is 4.74 Å². The number of nitrogens with one attached hydrogen (secondary N) is 1. The number of hydrogen-bond donors (Lipinski definition) is 1. The van der Waals surface area contributed by atoms with Crippen LogP contribution in [-0.2, 0) is 6.54 Å². The van der Waals surface area contributed by atoms with Gasteiger partial charge in [-0.1, -0.05) is 41.4 Å². The molecule has 0 bridgehead atoms. The molecule has 0 spiro atoms. The molecule has 0 aliphatic heterocycles. The Morgan fingerprint density at radius 2 is 1.80 bits per heavy atom. The molecule has 1 atom stereocenters. The first kappa shape index (κ1) is 15.2. The summed E-state index contributed by atoms with van der Waals surface area (Å²) in [6.07, 6.45) is 0. The standard InChI is InChI=1S/C16H17Cl2NO/c1-11(12-4-7-15(20-2)8-5-12)19-10-13-3-6-14(17)9-16(13)18/h3-9,11,19H,10H2,1-2H3/t11-/m1/s1. The summed E-state index contributed by atoms with van der Waals surface area (Å²) in [7, 11) is 1.67. The fraction of sp³-hybridized carbons (Fsp3) is 0.250. The molecule has 0 radical (unpaired) electrons. The van der Waals surface area contributed by atoms with Crippen LogP contribution in [0.2, 0.25) is 10.0 Å². The van der Waals surface area contributed by atoms with Crippen molar-refractivity contribution in [1.29, 1.82) is 0 Å². The van der Waals surface area contributed by atoms with Gasteiger partial charge >= 0.3 is 0 Å². The summed E-state index contributed by atoms with van der Waals surface area (Å²) in [6, 6.07) is 13.8. The van der Waals surface area contributed by atoms with E-state index in [2.05, 4.69) is 24.4 Å². The second-order valence-corrected chi connectivity index (χ2v) is 5.46. The van der Waals surface area contributed by atoms with Gasteiger partial charge in [0.1, 0.15) is 5.75 Å². The predicted octanol–water partition coefficient (Wildman–Crippen LogP) is 4.85. The van der Waals surface area contributed by atoms with Gasteiger partial charge in [0.25, 0.3) is 0 Å².